The molecule has 0 spiro atoms. The highest BCUT2D eigenvalue weighted by atomic mass is 19.1. The van der Waals surface area contributed by atoms with Gasteiger partial charge in [0, 0.05) is 36.3 Å². The van der Waals surface area contributed by atoms with E-state index >= 15 is 0 Å². The second-order valence-electron chi connectivity index (χ2n) is 7.61. The fourth-order valence-corrected chi connectivity index (χ4v) is 4.31. The molecule has 3 amide bonds. The maximum atomic E-state index is 13.3. The van der Waals surface area contributed by atoms with Gasteiger partial charge in [-0.1, -0.05) is 31.0 Å². The fourth-order valence-electron chi connectivity index (χ4n) is 4.31. The number of nitrogens with one attached hydrogen (secondary N) is 2. The molecular formula is C22H24FN3O2. The number of urea groups is 1. The van der Waals surface area contributed by atoms with E-state index in [0.717, 1.165) is 36.9 Å². The van der Waals surface area contributed by atoms with Crippen molar-refractivity contribution in [1.29, 1.82) is 0 Å². The summed E-state index contributed by atoms with van der Waals surface area (Å²) in [6, 6.07) is 13.6. The summed E-state index contributed by atoms with van der Waals surface area (Å²) in [5.41, 5.74) is 2.19. The summed E-state index contributed by atoms with van der Waals surface area (Å²) in [7, 11) is 0. The highest BCUT2D eigenvalue weighted by Gasteiger charge is 2.36. The number of carbonyl (C=O) groups is 2. The summed E-state index contributed by atoms with van der Waals surface area (Å²) in [6.07, 6.45) is 4.17. The molecule has 1 saturated carbocycles. The van der Waals surface area contributed by atoms with Crippen LogP contribution in [0, 0.1) is 5.82 Å². The van der Waals surface area contributed by atoms with Crippen molar-refractivity contribution in [3.05, 3.63) is 65.5 Å². The van der Waals surface area contributed by atoms with Gasteiger partial charge in [-0.2, -0.15) is 0 Å². The number of carbonyl (C=O) groups excluding carboxylic acids is 2. The molecule has 0 unspecified atom stereocenters. The zero-order valence-corrected chi connectivity index (χ0v) is 15.7. The van der Waals surface area contributed by atoms with E-state index in [1.54, 1.807) is 23.1 Å². The standard InChI is InChI=1S/C22H24FN3O2/c23-18-8-6-17(7-9-18)22(10-1-2-11-22)15-25-20(27)16-4-3-5-19(14-16)26-13-12-24-21(26)28/h3-9,14H,1-2,10-13,15H2,(H,24,28)(H,25,27). The third-order valence-corrected chi connectivity index (χ3v) is 5.88. The number of amides is 3. The van der Waals surface area contributed by atoms with Gasteiger partial charge in [-0.15, -0.1) is 0 Å². The lowest BCUT2D eigenvalue weighted by atomic mass is 9.78. The van der Waals surface area contributed by atoms with Crippen LogP contribution < -0.4 is 15.5 Å². The van der Waals surface area contributed by atoms with Gasteiger partial charge in [-0.3, -0.25) is 9.69 Å². The predicted molar refractivity (Wildman–Crippen MR) is 106 cm³/mol. The van der Waals surface area contributed by atoms with Crippen molar-refractivity contribution in [3.63, 3.8) is 0 Å². The Balaban J connectivity index is 1.48. The number of anilines is 1. The molecule has 0 aromatic heterocycles. The minimum atomic E-state index is -0.247. The molecule has 2 N–H and O–H groups in total. The molecule has 1 aliphatic heterocycles. The number of halogens is 1. The number of nitrogens with zero attached hydrogens (tertiary/aromatic N) is 1. The number of hydrogen-bond donors (Lipinski definition) is 2. The molecule has 0 bridgehead atoms. The molecule has 0 radical (unpaired) electrons. The quantitative estimate of drug-likeness (QED) is 0.831. The van der Waals surface area contributed by atoms with Crippen LogP contribution in [0.3, 0.4) is 0 Å². The Kier molecular flexibility index (Phi) is 5.03. The number of rotatable bonds is 5. The van der Waals surface area contributed by atoms with Crippen LogP contribution >= 0.6 is 0 Å². The average molecular weight is 381 g/mol. The van der Waals surface area contributed by atoms with Crippen molar-refractivity contribution in [2.45, 2.75) is 31.1 Å². The lowest BCUT2D eigenvalue weighted by Crippen LogP contribution is -2.39. The topological polar surface area (TPSA) is 61.4 Å². The first kappa shape index (κ1) is 18.5. The highest BCUT2D eigenvalue weighted by Crippen LogP contribution is 2.40. The normalized spacial score (nSPS) is 18.2. The summed E-state index contributed by atoms with van der Waals surface area (Å²) < 4.78 is 13.3. The van der Waals surface area contributed by atoms with Gasteiger partial charge in [0.15, 0.2) is 0 Å². The first-order valence-corrected chi connectivity index (χ1v) is 9.77. The van der Waals surface area contributed by atoms with Gasteiger partial charge < -0.3 is 10.6 Å². The van der Waals surface area contributed by atoms with Crippen molar-refractivity contribution in [3.8, 4) is 0 Å². The van der Waals surface area contributed by atoms with Crippen LogP contribution in [0.4, 0.5) is 14.9 Å². The molecular weight excluding hydrogens is 357 g/mol. The van der Waals surface area contributed by atoms with Gasteiger partial charge in [0.1, 0.15) is 5.82 Å². The molecule has 2 fully saturated rings. The van der Waals surface area contributed by atoms with E-state index < -0.39 is 0 Å². The van der Waals surface area contributed by atoms with Crippen LogP contribution in [0.2, 0.25) is 0 Å². The second-order valence-corrected chi connectivity index (χ2v) is 7.61. The molecule has 0 atom stereocenters. The Morgan fingerprint density at radius 3 is 2.57 bits per heavy atom. The monoisotopic (exact) mass is 381 g/mol. The molecule has 28 heavy (non-hydrogen) atoms. The second kappa shape index (κ2) is 7.62. The van der Waals surface area contributed by atoms with Gasteiger partial charge in [0.25, 0.3) is 5.91 Å². The van der Waals surface area contributed by atoms with Crippen molar-refractivity contribution in [1.82, 2.24) is 10.6 Å². The lowest BCUT2D eigenvalue weighted by molar-refractivity contribution is 0.0943. The van der Waals surface area contributed by atoms with E-state index in [1.807, 2.05) is 18.2 Å². The summed E-state index contributed by atoms with van der Waals surface area (Å²) in [5.74, 6) is -0.404. The molecule has 1 saturated heterocycles. The molecule has 5 nitrogen and oxygen atoms in total. The van der Waals surface area contributed by atoms with Crippen LogP contribution in [0.5, 0.6) is 0 Å². The fraction of sp³-hybridized carbons (Fsp3) is 0.364. The smallest absolute Gasteiger partial charge is 0.321 e. The van der Waals surface area contributed by atoms with Gasteiger partial charge >= 0.3 is 6.03 Å². The summed E-state index contributed by atoms with van der Waals surface area (Å²) in [6.45, 7) is 1.72. The van der Waals surface area contributed by atoms with Crippen molar-refractivity contribution >= 4 is 17.6 Å². The maximum Gasteiger partial charge on any atom is 0.321 e. The zero-order valence-electron chi connectivity index (χ0n) is 15.7. The third kappa shape index (κ3) is 3.59. The number of benzene rings is 2. The highest BCUT2D eigenvalue weighted by molar-refractivity contribution is 5.98. The molecule has 2 aromatic carbocycles. The van der Waals surface area contributed by atoms with Gasteiger partial charge in [0.05, 0.1) is 0 Å². The molecule has 146 valence electrons. The summed E-state index contributed by atoms with van der Waals surface area (Å²) in [4.78, 5) is 26.3. The van der Waals surface area contributed by atoms with Crippen LogP contribution in [0.1, 0.15) is 41.6 Å². The van der Waals surface area contributed by atoms with E-state index in [2.05, 4.69) is 10.6 Å². The van der Waals surface area contributed by atoms with Crippen LogP contribution in [0.25, 0.3) is 0 Å². The third-order valence-electron chi connectivity index (χ3n) is 5.88. The minimum absolute atomic E-state index is 0.140. The lowest BCUT2D eigenvalue weighted by Gasteiger charge is -2.30. The zero-order chi connectivity index (χ0) is 19.6. The first-order chi connectivity index (χ1) is 13.6. The Morgan fingerprint density at radius 2 is 1.89 bits per heavy atom. The SMILES string of the molecule is O=C(NCC1(c2ccc(F)cc2)CCCC1)c1cccc(N2CCNC2=O)c1. The molecule has 4 rings (SSSR count). The van der Waals surface area contributed by atoms with Crippen molar-refractivity contribution in [2.24, 2.45) is 0 Å². The first-order valence-electron chi connectivity index (χ1n) is 9.77. The van der Waals surface area contributed by atoms with Crippen LogP contribution in [0.15, 0.2) is 48.5 Å². The van der Waals surface area contributed by atoms with Gasteiger partial charge in [-0.05, 0) is 48.7 Å². The number of hydrogen-bond acceptors (Lipinski definition) is 2. The van der Waals surface area contributed by atoms with E-state index in [9.17, 15) is 14.0 Å². The van der Waals surface area contributed by atoms with Crippen LogP contribution in [-0.2, 0) is 5.41 Å². The summed E-state index contributed by atoms with van der Waals surface area (Å²) in [5, 5.41) is 5.84. The van der Waals surface area contributed by atoms with E-state index in [-0.39, 0.29) is 23.2 Å². The Morgan fingerprint density at radius 1 is 1.14 bits per heavy atom. The van der Waals surface area contributed by atoms with Gasteiger partial charge in [-0.25, -0.2) is 9.18 Å². The average Bonchev–Trinajstić information content (AvgIpc) is 3.36. The minimum Gasteiger partial charge on any atom is -0.351 e. The van der Waals surface area contributed by atoms with Crippen molar-refractivity contribution < 1.29 is 14.0 Å². The Hall–Kier alpha value is -2.89. The largest absolute Gasteiger partial charge is 0.351 e. The van der Waals surface area contributed by atoms with E-state index in [0.29, 0.717) is 25.2 Å². The predicted octanol–water partition coefficient (Wildman–Crippen LogP) is 3.60. The van der Waals surface area contributed by atoms with E-state index in [1.165, 1.54) is 12.1 Å². The molecule has 1 aliphatic carbocycles. The van der Waals surface area contributed by atoms with E-state index in [4.69, 9.17) is 0 Å². The summed E-state index contributed by atoms with van der Waals surface area (Å²) >= 11 is 0. The maximum absolute atomic E-state index is 13.3. The van der Waals surface area contributed by atoms with Gasteiger partial charge in [0.2, 0.25) is 0 Å². The molecule has 2 aromatic rings. The Labute approximate surface area is 163 Å². The molecule has 2 aliphatic rings. The molecule has 1 heterocycles. The molecule has 6 heteroatoms. The Bertz CT molecular complexity index is 876. The van der Waals surface area contributed by atoms with Crippen LogP contribution in [-0.4, -0.2) is 31.6 Å². The van der Waals surface area contributed by atoms with Crippen molar-refractivity contribution in [2.75, 3.05) is 24.5 Å².